The van der Waals surface area contributed by atoms with Crippen molar-refractivity contribution < 1.29 is 4.74 Å². The Bertz CT molecular complexity index is 284. The smallest absolute Gasteiger partial charge is 0.0494 e. The first-order chi connectivity index (χ1) is 11.8. The van der Waals surface area contributed by atoms with Crippen molar-refractivity contribution in [3.8, 4) is 0 Å². The van der Waals surface area contributed by atoms with Crippen molar-refractivity contribution >= 4 is 0 Å². The van der Waals surface area contributed by atoms with Crippen LogP contribution in [0.4, 0.5) is 0 Å². The molecule has 0 aromatic carbocycles. The first kappa shape index (κ1) is 20.3. The van der Waals surface area contributed by atoms with Gasteiger partial charge in [0.25, 0.3) is 0 Å². The maximum absolute atomic E-state index is 5.90. The molecule has 2 aliphatic carbocycles. The second-order valence-corrected chi connectivity index (χ2v) is 8.92. The molecule has 0 aromatic rings. The highest BCUT2D eigenvalue weighted by molar-refractivity contribution is 4.76. The SMILES string of the molecule is CCCCCOC[C@H]1CC[C@H](CC[C@H]2CC[C@H](CCC)CC2)CC1. The van der Waals surface area contributed by atoms with Gasteiger partial charge in [0.1, 0.15) is 0 Å². The standard InChI is InChI=1S/C23H44O/c1-3-5-6-18-24-19-23-16-14-22(15-17-23)13-12-21-10-8-20(7-4-2)9-11-21/h20-23H,3-19H2,1-2H3/t20-,21-,22-,23-. The van der Waals surface area contributed by atoms with Gasteiger partial charge in [-0.1, -0.05) is 90.9 Å². The van der Waals surface area contributed by atoms with Crippen LogP contribution in [0.2, 0.25) is 0 Å². The van der Waals surface area contributed by atoms with Crippen LogP contribution in [0.3, 0.4) is 0 Å². The molecule has 0 bridgehead atoms. The molecule has 2 aliphatic rings. The summed E-state index contributed by atoms with van der Waals surface area (Å²) in [6.45, 7) is 6.64. The van der Waals surface area contributed by atoms with Gasteiger partial charge in [-0.25, -0.2) is 0 Å². The van der Waals surface area contributed by atoms with E-state index in [0.29, 0.717) is 0 Å². The largest absolute Gasteiger partial charge is 0.381 e. The van der Waals surface area contributed by atoms with E-state index < -0.39 is 0 Å². The van der Waals surface area contributed by atoms with Gasteiger partial charge in [0.2, 0.25) is 0 Å². The summed E-state index contributed by atoms with van der Waals surface area (Å²) in [5.74, 6) is 4.04. The second-order valence-electron chi connectivity index (χ2n) is 8.92. The Labute approximate surface area is 152 Å². The molecule has 0 radical (unpaired) electrons. The number of unbranched alkanes of at least 4 members (excludes halogenated alkanes) is 2. The van der Waals surface area contributed by atoms with Gasteiger partial charge < -0.3 is 4.74 Å². The zero-order chi connectivity index (χ0) is 17.0. The van der Waals surface area contributed by atoms with E-state index in [1.54, 1.807) is 0 Å². The van der Waals surface area contributed by atoms with Gasteiger partial charge in [-0.2, -0.15) is 0 Å². The second kappa shape index (κ2) is 12.3. The molecule has 0 heterocycles. The summed E-state index contributed by atoms with van der Waals surface area (Å²) >= 11 is 0. The van der Waals surface area contributed by atoms with Gasteiger partial charge in [-0.15, -0.1) is 0 Å². The van der Waals surface area contributed by atoms with E-state index in [4.69, 9.17) is 4.74 Å². The summed E-state index contributed by atoms with van der Waals surface area (Å²) in [5.41, 5.74) is 0. The zero-order valence-electron chi connectivity index (χ0n) is 16.7. The van der Waals surface area contributed by atoms with E-state index in [2.05, 4.69) is 13.8 Å². The molecular weight excluding hydrogens is 292 g/mol. The Kier molecular flexibility index (Phi) is 10.4. The number of rotatable bonds is 11. The Balaban J connectivity index is 1.48. The van der Waals surface area contributed by atoms with Gasteiger partial charge in [0.15, 0.2) is 0 Å². The van der Waals surface area contributed by atoms with E-state index in [1.165, 1.54) is 96.3 Å². The monoisotopic (exact) mass is 336 g/mol. The average molecular weight is 337 g/mol. The Morgan fingerprint density at radius 3 is 1.58 bits per heavy atom. The molecule has 0 amide bonds. The molecule has 142 valence electrons. The molecule has 0 atom stereocenters. The molecule has 0 N–H and O–H groups in total. The Hall–Kier alpha value is -0.0400. The van der Waals surface area contributed by atoms with Crippen LogP contribution in [0.25, 0.3) is 0 Å². The Morgan fingerprint density at radius 1 is 0.583 bits per heavy atom. The summed E-state index contributed by atoms with van der Waals surface area (Å²) in [6, 6.07) is 0. The van der Waals surface area contributed by atoms with E-state index in [0.717, 1.165) is 36.9 Å². The quantitative estimate of drug-likeness (QED) is 0.357. The van der Waals surface area contributed by atoms with Crippen molar-refractivity contribution in [2.24, 2.45) is 23.7 Å². The minimum Gasteiger partial charge on any atom is -0.381 e. The Morgan fingerprint density at radius 2 is 1.08 bits per heavy atom. The average Bonchev–Trinajstić information content (AvgIpc) is 2.62. The maximum Gasteiger partial charge on any atom is 0.0494 e. The predicted octanol–water partition coefficient (Wildman–Crippen LogP) is 7.39. The van der Waals surface area contributed by atoms with Gasteiger partial charge in [0, 0.05) is 13.2 Å². The molecule has 0 spiro atoms. The van der Waals surface area contributed by atoms with Crippen LogP contribution in [0.5, 0.6) is 0 Å². The molecule has 1 heteroatoms. The normalized spacial score (nSPS) is 31.2. The lowest BCUT2D eigenvalue weighted by Crippen LogP contribution is -2.20. The van der Waals surface area contributed by atoms with Crippen molar-refractivity contribution in [1.29, 1.82) is 0 Å². The highest BCUT2D eigenvalue weighted by atomic mass is 16.5. The number of hydrogen-bond donors (Lipinski definition) is 0. The highest BCUT2D eigenvalue weighted by Gasteiger charge is 2.24. The molecule has 1 nitrogen and oxygen atoms in total. The lowest BCUT2D eigenvalue weighted by Gasteiger charge is -2.32. The predicted molar refractivity (Wildman–Crippen MR) is 105 cm³/mol. The van der Waals surface area contributed by atoms with Gasteiger partial charge in [0.05, 0.1) is 0 Å². The number of ether oxygens (including phenoxy) is 1. The maximum atomic E-state index is 5.90. The summed E-state index contributed by atoms with van der Waals surface area (Å²) in [4.78, 5) is 0. The first-order valence-corrected chi connectivity index (χ1v) is 11.4. The molecule has 0 unspecified atom stereocenters. The third-order valence-corrected chi connectivity index (χ3v) is 6.86. The minimum absolute atomic E-state index is 0.868. The summed E-state index contributed by atoms with van der Waals surface area (Å²) < 4.78 is 5.90. The highest BCUT2D eigenvalue weighted by Crippen LogP contribution is 2.37. The molecule has 2 rings (SSSR count). The number of hydrogen-bond acceptors (Lipinski definition) is 1. The van der Waals surface area contributed by atoms with Crippen molar-refractivity contribution in [2.45, 2.75) is 110 Å². The third kappa shape index (κ3) is 7.89. The minimum atomic E-state index is 0.868. The van der Waals surface area contributed by atoms with Crippen LogP contribution in [0.1, 0.15) is 110 Å². The van der Waals surface area contributed by atoms with E-state index in [9.17, 15) is 0 Å². The van der Waals surface area contributed by atoms with E-state index in [-0.39, 0.29) is 0 Å². The third-order valence-electron chi connectivity index (χ3n) is 6.86. The van der Waals surface area contributed by atoms with Crippen LogP contribution in [0.15, 0.2) is 0 Å². The van der Waals surface area contributed by atoms with E-state index in [1.807, 2.05) is 0 Å². The topological polar surface area (TPSA) is 9.23 Å². The summed E-state index contributed by atoms with van der Waals surface area (Å²) in [7, 11) is 0. The summed E-state index contributed by atoms with van der Waals surface area (Å²) in [5, 5.41) is 0. The zero-order valence-corrected chi connectivity index (χ0v) is 16.7. The van der Waals surface area contributed by atoms with Crippen LogP contribution in [0, 0.1) is 23.7 Å². The van der Waals surface area contributed by atoms with Crippen molar-refractivity contribution in [3.63, 3.8) is 0 Å². The van der Waals surface area contributed by atoms with Crippen molar-refractivity contribution in [3.05, 3.63) is 0 Å². The van der Waals surface area contributed by atoms with Crippen LogP contribution in [-0.4, -0.2) is 13.2 Å². The van der Waals surface area contributed by atoms with Gasteiger partial charge in [-0.3, -0.25) is 0 Å². The molecule has 2 fully saturated rings. The molecule has 24 heavy (non-hydrogen) atoms. The van der Waals surface area contributed by atoms with Crippen LogP contribution < -0.4 is 0 Å². The first-order valence-electron chi connectivity index (χ1n) is 11.4. The van der Waals surface area contributed by atoms with Gasteiger partial charge in [-0.05, 0) is 42.9 Å². The van der Waals surface area contributed by atoms with E-state index >= 15 is 0 Å². The van der Waals surface area contributed by atoms with Crippen LogP contribution >= 0.6 is 0 Å². The fourth-order valence-corrected chi connectivity index (χ4v) is 5.08. The fourth-order valence-electron chi connectivity index (χ4n) is 5.08. The lowest BCUT2D eigenvalue weighted by molar-refractivity contribution is 0.0736. The lowest BCUT2D eigenvalue weighted by atomic mass is 9.75. The van der Waals surface area contributed by atoms with Gasteiger partial charge >= 0.3 is 0 Å². The van der Waals surface area contributed by atoms with Crippen LogP contribution in [-0.2, 0) is 4.74 Å². The molecular formula is C23H44O. The molecule has 0 saturated heterocycles. The molecule has 0 aliphatic heterocycles. The van der Waals surface area contributed by atoms with Crippen molar-refractivity contribution in [2.75, 3.05) is 13.2 Å². The van der Waals surface area contributed by atoms with Crippen molar-refractivity contribution in [1.82, 2.24) is 0 Å². The summed E-state index contributed by atoms with van der Waals surface area (Å²) in [6.07, 6.45) is 21.8. The molecule has 2 saturated carbocycles. The fraction of sp³-hybridized carbons (Fsp3) is 1.00. The molecule has 0 aromatic heterocycles.